The third-order valence-corrected chi connectivity index (χ3v) is 12.4. The van der Waals surface area contributed by atoms with Gasteiger partial charge in [-0.3, -0.25) is 4.79 Å². The van der Waals surface area contributed by atoms with E-state index in [9.17, 15) is 34.8 Å². The van der Waals surface area contributed by atoms with Crippen LogP contribution >= 0.6 is 23.4 Å². The molecule has 1 fully saturated rings. The smallest absolute Gasteiger partial charge is 0.349 e. The van der Waals surface area contributed by atoms with Gasteiger partial charge in [0, 0.05) is 12.1 Å². The molecule has 2 aliphatic rings. The maximum absolute atomic E-state index is 13.3. The van der Waals surface area contributed by atoms with E-state index in [1.165, 1.54) is 24.3 Å². The number of carbonyl (C=O) groups excluding carboxylic acids is 1. The minimum absolute atomic E-state index is 0.0375. The van der Waals surface area contributed by atoms with Gasteiger partial charge in [-0.1, -0.05) is 60.3 Å². The monoisotopic (exact) mass is 686 g/mol. The highest BCUT2D eigenvalue weighted by molar-refractivity contribution is 8.19. The van der Waals surface area contributed by atoms with Crippen molar-refractivity contribution in [1.29, 1.82) is 0 Å². The molecule has 16 heteroatoms. The molecule has 234 valence electrons. The lowest BCUT2D eigenvalue weighted by atomic mass is 10.1. The van der Waals surface area contributed by atoms with Gasteiger partial charge in [0.25, 0.3) is 0 Å². The molecule has 1 N–H and O–H groups in total. The number of nitrogens with one attached hydrogen (secondary N) is 1. The fourth-order valence-corrected chi connectivity index (χ4v) is 9.81. The molecule has 3 aromatic rings. The molecule has 1 saturated heterocycles. The number of aromatic nitrogens is 2. The summed E-state index contributed by atoms with van der Waals surface area (Å²) in [6.07, 6.45) is -1.90. The Morgan fingerprint density at radius 2 is 1.75 bits per heavy atom. The zero-order chi connectivity index (χ0) is 31.7. The molecule has 0 aliphatic carbocycles. The van der Waals surface area contributed by atoms with Gasteiger partial charge in [0.1, 0.15) is 10.3 Å². The van der Waals surface area contributed by atoms with Crippen LogP contribution in [0.3, 0.4) is 0 Å². The van der Waals surface area contributed by atoms with E-state index in [2.05, 4.69) is 15.3 Å². The third kappa shape index (κ3) is 7.28. The Labute approximate surface area is 261 Å². The van der Waals surface area contributed by atoms with Gasteiger partial charge in [-0.2, -0.15) is 17.5 Å². The van der Waals surface area contributed by atoms with E-state index in [4.69, 9.17) is 11.6 Å². The number of hydrogen-bond acceptors (Lipinski definition) is 8. The van der Waals surface area contributed by atoms with E-state index in [-0.39, 0.29) is 40.7 Å². The number of amides is 1. The van der Waals surface area contributed by atoms with Gasteiger partial charge in [-0.25, -0.2) is 26.8 Å². The van der Waals surface area contributed by atoms with E-state index in [0.29, 0.717) is 18.4 Å². The third-order valence-electron chi connectivity index (χ3n) is 6.97. The minimum atomic E-state index is -4.57. The molecule has 0 bridgehead atoms. The van der Waals surface area contributed by atoms with Crippen molar-refractivity contribution in [1.82, 2.24) is 19.6 Å². The molecule has 0 saturated carbocycles. The van der Waals surface area contributed by atoms with Crippen LogP contribution in [0.15, 0.2) is 76.1 Å². The maximum atomic E-state index is 13.3. The van der Waals surface area contributed by atoms with Gasteiger partial charge in [-0.15, -0.1) is 11.6 Å². The number of rotatable bonds is 9. The van der Waals surface area contributed by atoms with Crippen LogP contribution in [0.4, 0.5) is 13.2 Å². The first-order valence-corrected chi connectivity index (χ1v) is 17.8. The van der Waals surface area contributed by atoms with E-state index in [1.807, 2.05) is 0 Å². The van der Waals surface area contributed by atoms with Gasteiger partial charge >= 0.3 is 6.18 Å². The van der Waals surface area contributed by atoms with E-state index in [0.717, 1.165) is 28.2 Å². The average Bonchev–Trinajstić information content (AvgIpc) is 3.66. The summed E-state index contributed by atoms with van der Waals surface area (Å²) in [6, 6.07) is 12.7. The Balaban J connectivity index is 1.41. The summed E-state index contributed by atoms with van der Waals surface area (Å²) in [5, 5.41) is 2.09. The highest BCUT2D eigenvalue weighted by atomic mass is 35.5. The Morgan fingerprint density at radius 1 is 1.05 bits per heavy atom. The zero-order valence-electron chi connectivity index (χ0n) is 22.9. The normalized spacial score (nSPS) is 19.6. The molecular formula is C28H26ClF3N4O5S3. The quantitative estimate of drug-likeness (QED) is 0.244. The molecule has 9 nitrogen and oxygen atoms in total. The van der Waals surface area contributed by atoms with E-state index in [1.54, 1.807) is 30.3 Å². The molecule has 5 rings (SSSR count). The average molecular weight is 687 g/mol. The summed E-state index contributed by atoms with van der Waals surface area (Å²) in [7, 11) is -8.05. The van der Waals surface area contributed by atoms with Crippen LogP contribution in [0.2, 0.25) is 0 Å². The first-order valence-electron chi connectivity index (χ1n) is 13.4. The number of alkyl halides is 4. The van der Waals surface area contributed by atoms with Crippen LogP contribution in [0.5, 0.6) is 0 Å². The fraction of sp³-hybridized carbons (Fsp3) is 0.321. The van der Waals surface area contributed by atoms with Gasteiger partial charge in [-0.05, 0) is 43.0 Å². The summed E-state index contributed by atoms with van der Waals surface area (Å²) in [5.74, 6) is -1.03. The Kier molecular flexibility index (Phi) is 9.42. The second-order valence-electron chi connectivity index (χ2n) is 10.1. The molecule has 2 aliphatic heterocycles. The molecular weight excluding hydrogens is 661 g/mol. The largest absolute Gasteiger partial charge is 0.416 e. The minimum Gasteiger partial charge on any atom is -0.349 e. The molecule has 44 heavy (non-hydrogen) atoms. The van der Waals surface area contributed by atoms with Crippen molar-refractivity contribution in [2.24, 2.45) is 0 Å². The number of nitrogens with zero attached hydrogens (tertiary/aromatic N) is 3. The first kappa shape index (κ1) is 32.4. The van der Waals surface area contributed by atoms with Crippen molar-refractivity contribution in [2.75, 3.05) is 6.54 Å². The summed E-state index contributed by atoms with van der Waals surface area (Å²) >= 11 is 7.07. The SMILES string of the molecule is O=C(NCc1cc(-c2ccc(C(F)(F)F)cc2)nc(S(=O)(=O)Cc2ccccc2)n1)[C@@H]1CCCN1S(=O)(=O)C1=CCC(Cl)S1. The predicted molar refractivity (Wildman–Crippen MR) is 160 cm³/mol. The van der Waals surface area contributed by atoms with Crippen molar-refractivity contribution in [3.8, 4) is 11.3 Å². The molecule has 0 spiro atoms. The van der Waals surface area contributed by atoms with Crippen molar-refractivity contribution < 1.29 is 34.8 Å². The van der Waals surface area contributed by atoms with Crippen LogP contribution < -0.4 is 5.32 Å². The number of benzene rings is 2. The van der Waals surface area contributed by atoms with Crippen LogP contribution in [0, 0.1) is 0 Å². The fourth-order valence-electron chi connectivity index (χ4n) is 4.82. The molecule has 1 unspecified atom stereocenters. The topological polar surface area (TPSA) is 126 Å². The second-order valence-corrected chi connectivity index (χ2v) is 16.2. The van der Waals surface area contributed by atoms with Crippen LogP contribution in [-0.4, -0.2) is 54.3 Å². The number of thioether (sulfide) groups is 1. The van der Waals surface area contributed by atoms with Crippen molar-refractivity contribution in [3.63, 3.8) is 0 Å². The molecule has 3 heterocycles. The summed E-state index contributed by atoms with van der Waals surface area (Å²) in [4.78, 5) is 21.6. The van der Waals surface area contributed by atoms with Gasteiger partial charge in [0.2, 0.25) is 30.9 Å². The first-order chi connectivity index (χ1) is 20.7. The lowest BCUT2D eigenvalue weighted by molar-refractivity contribution is -0.137. The summed E-state index contributed by atoms with van der Waals surface area (Å²) in [6.45, 7) is -0.132. The van der Waals surface area contributed by atoms with Gasteiger partial charge < -0.3 is 5.32 Å². The molecule has 1 amide bonds. The number of carbonyl (C=O) groups is 1. The second kappa shape index (κ2) is 12.8. The van der Waals surface area contributed by atoms with Crippen LogP contribution in [0.1, 0.15) is 36.1 Å². The van der Waals surface area contributed by atoms with Gasteiger partial charge in [0.05, 0.1) is 34.0 Å². The molecule has 1 aromatic heterocycles. The molecule has 2 atom stereocenters. The number of allylic oxidation sites excluding steroid dienone is 1. The lowest BCUT2D eigenvalue weighted by Gasteiger charge is -2.23. The number of hydrogen-bond donors (Lipinski definition) is 1. The Bertz CT molecular complexity index is 1790. The van der Waals surface area contributed by atoms with Crippen molar-refractivity contribution >= 4 is 49.1 Å². The standard InChI is InChI=1S/C28H26ClF3N4O5S3/c29-24-12-13-25(42-24)44(40,41)36-14-4-7-23(36)26(37)33-16-21-15-22(19-8-10-20(11-9-19)28(30,31)32)35-27(34-21)43(38,39)17-18-5-2-1-3-6-18/h1-3,5-6,8-11,13,15,23-24H,4,7,12,14,16-17H2,(H,33,37)/t23-,24?/m0/s1. The summed E-state index contributed by atoms with van der Waals surface area (Å²) < 4.78 is 93.3. The molecule has 2 aromatic carbocycles. The van der Waals surface area contributed by atoms with Crippen molar-refractivity contribution in [2.45, 2.75) is 53.6 Å². The van der Waals surface area contributed by atoms with Crippen LogP contribution in [0.25, 0.3) is 11.3 Å². The predicted octanol–water partition coefficient (Wildman–Crippen LogP) is 5.09. The van der Waals surface area contributed by atoms with Crippen LogP contribution in [-0.2, 0) is 43.1 Å². The van der Waals surface area contributed by atoms with E-state index >= 15 is 0 Å². The number of sulfonamides is 1. The van der Waals surface area contributed by atoms with Crippen molar-refractivity contribution in [3.05, 3.63) is 87.8 Å². The Morgan fingerprint density at radius 3 is 2.39 bits per heavy atom. The molecule has 0 radical (unpaired) electrons. The zero-order valence-corrected chi connectivity index (χ0v) is 26.1. The number of sulfone groups is 1. The number of halogens is 4. The lowest BCUT2D eigenvalue weighted by Crippen LogP contribution is -2.45. The highest BCUT2D eigenvalue weighted by Gasteiger charge is 2.42. The van der Waals surface area contributed by atoms with E-state index < -0.39 is 59.2 Å². The maximum Gasteiger partial charge on any atom is 0.416 e. The Hall–Kier alpha value is -2.98. The summed E-state index contributed by atoms with van der Waals surface area (Å²) in [5.41, 5.74) is -0.0949. The van der Waals surface area contributed by atoms with Gasteiger partial charge in [0.15, 0.2) is 0 Å². The highest BCUT2D eigenvalue weighted by Crippen LogP contribution is 2.41.